The van der Waals surface area contributed by atoms with Crippen LogP contribution < -0.4 is 14.9 Å². The van der Waals surface area contributed by atoms with E-state index < -0.39 is 0 Å². The molecule has 3 aromatic rings. The molecule has 0 saturated heterocycles. The van der Waals surface area contributed by atoms with Crippen LogP contribution >= 0.6 is 0 Å². The van der Waals surface area contributed by atoms with Crippen molar-refractivity contribution in [1.29, 1.82) is 0 Å². The molecule has 0 fully saturated rings. The van der Waals surface area contributed by atoms with Crippen LogP contribution in [-0.4, -0.2) is 16.6 Å². The number of hydrogen-bond donors (Lipinski definition) is 1. The molecule has 118 valence electrons. The lowest BCUT2D eigenvalue weighted by Gasteiger charge is -2.10. The number of nitrogens with zero attached hydrogens (tertiary/aromatic N) is 2. The van der Waals surface area contributed by atoms with E-state index in [1.165, 1.54) is 0 Å². The summed E-state index contributed by atoms with van der Waals surface area (Å²) in [6.07, 6.45) is 2.56. The van der Waals surface area contributed by atoms with E-state index in [4.69, 9.17) is 4.74 Å². The Morgan fingerprint density at radius 1 is 1.22 bits per heavy atom. The lowest BCUT2D eigenvalue weighted by molar-refractivity contribution is -0.680. The van der Waals surface area contributed by atoms with Gasteiger partial charge in [-0.25, -0.2) is 4.79 Å². The van der Waals surface area contributed by atoms with Crippen molar-refractivity contribution < 1.29 is 14.4 Å². The maximum Gasteiger partial charge on any atom is 0.354 e. The monoisotopic (exact) mass is 311 g/mol. The minimum atomic E-state index is -0.251. The topological polar surface area (TPSA) is 54.8 Å². The van der Waals surface area contributed by atoms with Gasteiger partial charge >= 0.3 is 5.56 Å². The summed E-state index contributed by atoms with van der Waals surface area (Å²) in [6, 6.07) is 12.6. The summed E-state index contributed by atoms with van der Waals surface area (Å²) >= 11 is 0. The molecule has 23 heavy (non-hydrogen) atoms. The fourth-order valence-corrected chi connectivity index (χ4v) is 2.76. The standard InChI is InChI=1S/C18H18N2O3/c1-3-10-19-15-9-4-5-11-20(15)18(22)16(17(19)21)13-7-6-8-14(12-13)23-2/h4-9,11-12H,3,10H2,1-2H3/p+1. The molecule has 1 aromatic carbocycles. The van der Waals surface area contributed by atoms with Crippen molar-refractivity contribution >= 4 is 5.65 Å². The highest BCUT2D eigenvalue weighted by Crippen LogP contribution is 2.26. The van der Waals surface area contributed by atoms with Crippen molar-refractivity contribution in [2.45, 2.75) is 19.9 Å². The minimum absolute atomic E-state index is 0.0173. The zero-order chi connectivity index (χ0) is 16.4. The first-order valence-electron chi connectivity index (χ1n) is 7.58. The Hall–Kier alpha value is -2.82. The largest absolute Gasteiger partial charge is 0.497 e. The Morgan fingerprint density at radius 2 is 2.04 bits per heavy atom. The molecule has 0 unspecified atom stereocenters. The highest BCUT2D eigenvalue weighted by atomic mass is 16.5. The van der Waals surface area contributed by atoms with Gasteiger partial charge in [-0.2, -0.15) is 8.97 Å². The van der Waals surface area contributed by atoms with Crippen LogP contribution in [0.2, 0.25) is 0 Å². The third-order valence-electron chi connectivity index (χ3n) is 3.83. The maximum absolute atomic E-state index is 12.9. The first-order valence-corrected chi connectivity index (χ1v) is 7.58. The number of hydrogen-bond acceptors (Lipinski definition) is 3. The summed E-state index contributed by atoms with van der Waals surface area (Å²) in [6.45, 7) is 2.65. The number of aromatic nitrogens is 2. The quantitative estimate of drug-likeness (QED) is 0.753. The van der Waals surface area contributed by atoms with E-state index >= 15 is 0 Å². The van der Waals surface area contributed by atoms with Crippen molar-refractivity contribution in [2.24, 2.45) is 0 Å². The highest BCUT2D eigenvalue weighted by molar-refractivity contribution is 5.68. The number of aromatic hydroxyl groups is 1. The third-order valence-corrected chi connectivity index (χ3v) is 3.83. The zero-order valence-corrected chi connectivity index (χ0v) is 13.2. The van der Waals surface area contributed by atoms with Crippen molar-refractivity contribution in [3.63, 3.8) is 0 Å². The van der Waals surface area contributed by atoms with E-state index in [0.29, 0.717) is 23.5 Å². The number of benzene rings is 1. The summed E-state index contributed by atoms with van der Waals surface area (Å²) in [7, 11) is 1.57. The molecule has 0 aliphatic heterocycles. The average molecular weight is 311 g/mol. The van der Waals surface area contributed by atoms with Gasteiger partial charge in [-0.3, -0.25) is 0 Å². The fraction of sp³-hybridized carbons (Fsp3) is 0.222. The van der Waals surface area contributed by atoms with Crippen LogP contribution in [0, 0.1) is 0 Å². The summed E-state index contributed by atoms with van der Waals surface area (Å²) in [5, 5.41) is 10.7. The molecule has 5 nitrogen and oxygen atoms in total. The number of methoxy groups -OCH3 is 1. The highest BCUT2D eigenvalue weighted by Gasteiger charge is 2.24. The van der Waals surface area contributed by atoms with Gasteiger partial charge in [0.2, 0.25) is 0 Å². The Morgan fingerprint density at radius 3 is 2.78 bits per heavy atom. The molecular formula is C18H19N2O3+. The molecular weight excluding hydrogens is 292 g/mol. The molecule has 1 N–H and O–H groups in total. The number of ether oxygens (including phenoxy) is 1. The molecule has 2 heterocycles. The van der Waals surface area contributed by atoms with Gasteiger partial charge < -0.3 is 9.84 Å². The van der Waals surface area contributed by atoms with E-state index in [1.807, 2.05) is 19.1 Å². The van der Waals surface area contributed by atoms with Crippen LogP contribution in [-0.2, 0) is 6.54 Å². The van der Waals surface area contributed by atoms with Crippen molar-refractivity contribution in [3.05, 3.63) is 59.0 Å². The predicted octanol–water partition coefficient (Wildman–Crippen LogP) is 2.38. The molecule has 0 aliphatic rings. The van der Waals surface area contributed by atoms with Crippen LogP contribution in [0.25, 0.3) is 16.8 Å². The second-order valence-electron chi connectivity index (χ2n) is 5.32. The smallest absolute Gasteiger partial charge is 0.354 e. The van der Waals surface area contributed by atoms with Crippen molar-refractivity contribution in [3.8, 4) is 22.8 Å². The van der Waals surface area contributed by atoms with Gasteiger partial charge in [-0.05, 0) is 24.6 Å². The van der Waals surface area contributed by atoms with Crippen LogP contribution in [0.4, 0.5) is 0 Å². The average Bonchev–Trinajstić information content (AvgIpc) is 2.59. The van der Waals surface area contributed by atoms with Crippen LogP contribution in [0.5, 0.6) is 11.6 Å². The maximum atomic E-state index is 12.9. The molecule has 3 rings (SSSR count). The zero-order valence-electron chi connectivity index (χ0n) is 13.2. The van der Waals surface area contributed by atoms with E-state index in [0.717, 1.165) is 6.42 Å². The normalized spacial score (nSPS) is 10.9. The first-order chi connectivity index (χ1) is 11.2. The van der Waals surface area contributed by atoms with Gasteiger partial charge in [-0.15, -0.1) is 0 Å². The molecule has 0 radical (unpaired) electrons. The molecule has 0 atom stereocenters. The van der Waals surface area contributed by atoms with Gasteiger partial charge in [0.1, 0.15) is 5.75 Å². The summed E-state index contributed by atoms with van der Waals surface area (Å²) in [5.41, 5.74) is 1.33. The Kier molecular flexibility index (Phi) is 4.02. The lowest BCUT2D eigenvalue weighted by Crippen LogP contribution is -2.40. The Bertz CT molecular complexity index is 916. The summed E-state index contributed by atoms with van der Waals surface area (Å²) < 4.78 is 8.54. The second kappa shape index (κ2) is 6.12. The van der Waals surface area contributed by atoms with Crippen molar-refractivity contribution in [2.75, 3.05) is 7.11 Å². The van der Waals surface area contributed by atoms with Gasteiger partial charge in [-0.1, -0.05) is 25.1 Å². The summed E-state index contributed by atoms with van der Waals surface area (Å²) in [5.74, 6) is 0.623. The molecule has 0 saturated carbocycles. The van der Waals surface area contributed by atoms with Crippen LogP contribution in [0.1, 0.15) is 13.3 Å². The van der Waals surface area contributed by atoms with E-state index in [2.05, 4.69) is 0 Å². The van der Waals surface area contributed by atoms with Gasteiger partial charge in [0.15, 0.2) is 5.56 Å². The number of aryl methyl sites for hydroxylation is 1. The number of rotatable bonds is 4. The third kappa shape index (κ3) is 2.54. The molecule has 0 aliphatic carbocycles. The molecule has 0 bridgehead atoms. The predicted molar refractivity (Wildman–Crippen MR) is 87.8 cm³/mol. The van der Waals surface area contributed by atoms with Gasteiger partial charge in [0.25, 0.3) is 11.5 Å². The number of pyridine rings is 1. The minimum Gasteiger partial charge on any atom is -0.497 e. The van der Waals surface area contributed by atoms with Crippen molar-refractivity contribution in [1.82, 2.24) is 4.40 Å². The van der Waals surface area contributed by atoms with Gasteiger partial charge in [0, 0.05) is 11.6 Å². The number of fused-ring (bicyclic) bond motifs is 1. The van der Waals surface area contributed by atoms with E-state index in [1.54, 1.807) is 52.6 Å². The SMILES string of the molecule is CCC[n+]1c(O)c(-c2cccc(OC)c2)c(=O)n2ccccc21. The van der Waals surface area contributed by atoms with Crippen LogP contribution in [0.15, 0.2) is 53.5 Å². The summed E-state index contributed by atoms with van der Waals surface area (Å²) in [4.78, 5) is 12.9. The molecule has 0 amide bonds. The lowest BCUT2D eigenvalue weighted by atomic mass is 10.1. The second-order valence-corrected chi connectivity index (χ2v) is 5.32. The Balaban J connectivity index is 2.38. The molecule has 2 aromatic heterocycles. The molecule has 0 spiro atoms. The van der Waals surface area contributed by atoms with Crippen LogP contribution in [0.3, 0.4) is 0 Å². The molecule has 5 heteroatoms. The van der Waals surface area contributed by atoms with E-state index in [-0.39, 0.29) is 17.0 Å². The first kappa shape index (κ1) is 15.1. The Labute approximate surface area is 134 Å². The van der Waals surface area contributed by atoms with Gasteiger partial charge in [0.05, 0.1) is 19.9 Å². The van der Waals surface area contributed by atoms with E-state index in [9.17, 15) is 9.90 Å². The fourth-order valence-electron chi connectivity index (χ4n) is 2.76.